The summed E-state index contributed by atoms with van der Waals surface area (Å²) in [7, 11) is -3.65. The summed E-state index contributed by atoms with van der Waals surface area (Å²) < 4.78 is 30.2. The minimum Gasteiger partial charge on any atom is -0.267 e. The Bertz CT molecular complexity index is 1620. The van der Waals surface area contributed by atoms with Gasteiger partial charge in [-0.15, -0.1) is 0 Å². The Labute approximate surface area is 241 Å². The molecule has 0 N–H and O–H groups in total. The van der Waals surface area contributed by atoms with Crippen LogP contribution >= 0.6 is 27.3 Å². The number of anilines is 1. The van der Waals surface area contributed by atoms with Gasteiger partial charge in [-0.2, -0.15) is 14.4 Å². The van der Waals surface area contributed by atoms with Gasteiger partial charge >= 0.3 is 0 Å². The quantitative estimate of drug-likeness (QED) is 0.164. The van der Waals surface area contributed by atoms with Crippen LogP contribution in [0.25, 0.3) is 10.2 Å². The van der Waals surface area contributed by atoms with Gasteiger partial charge in [-0.1, -0.05) is 70.4 Å². The van der Waals surface area contributed by atoms with Crippen molar-refractivity contribution >= 4 is 64.8 Å². The average Bonchev–Trinajstić information content (AvgIpc) is 3.36. The Hall–Kier alpha value is -2.92. The van der Waals surface area contributed by atoms with E-state index in [1.807, 2.05) is 56.3 Å². The molecule has 7 nitrogen and oxygen atoms in total. The van der Waals surface area contributed by atoms with Crippen molar-refractivity contribution in [3.63, 3.8) is 0 Å². The van der Waals surface area contributed by atoms with Crippen LogP contribution in [-0.4, -0.2) is 42.4 Å². The molecule has 0 aliphatic carbocycles. The van der Waals surface area contributed by atoms with Crippen molar-refractivity contribution in [3.05, 3.63) is 87.9 Å². The van der Waals surface area contributed by atoms with Gasteiger partial charge in [-0.05, 0) is 74.2 Å². The summed E-state index contributed by atoms with van der Waals surface area (Å²) in [5, 5.41) is 6.22. The first-order chi connectivity index (χ1) is 18.8. The summed E-state index contributed by atoms with van der Waals surface area (Å²) in [5.41, 5.74) is 3.05. The van der Waals surface area contributed by atoms with Crippen molar-refractivity contribution in [1.29, 1.82) is 0 Å². The number of aromatic nitrogens is 1. The van der Waals surface area contributed by atoms with Crippen molar-refractivity contribution in [1.82, 2.24) is 9.29 Å². The molecule has 4 aromatic rings. The van der Waals surface area contributed by atoms with Gasteiger partial charge in [0.15, 0.2) is 0 Å². The summed E-state index contributed by atoms with van der Waals surface area (Å²) in [6, 6.07) is 19.7. The Kier molecular flexibility index (Phi) is 8.27. The van der Waals surface area contributed by atoms with Crippen LogP contribution in [-0.2, 0) is 10.0 Å². The zero-order valence-electron chi connectivity index (χ0n) is 21.7. The fourth-order valence-electron chi connectivity index (χ4n) is 4.67. The number of hydrazone groups is 1. The molecule has 1 aliphatic rings. The predicted molar refractivity (Wildman–Crippen MR) is 161 cm³/mol. The third-order valence-electron chi connectivity index (χ3n) is 6.86. The highest BCUT2D eigenvalue weighted by molar-refractivity contribution is 9.10. The van der Waals surface area contributed by atoms with Gasteiger partial charge in [0, 0.05) is 22.6 Å². The molecule has 1 unspecified atom stereocenters. The molecule has 39 heavy (non-hydrogen) atoms. The van der Waals surface area contributed by atoms with E-state index in [1.54, 1.807) is 22.7 Å². The van der Waals surface area contributed by atoms with Crippen LogP contribution in [0.1, 0.15) is 54.1 Å². The molecule has 1 saturated heterocycles. The largest absolute Gasteiger partial charge is 0.280 e. The third-order valence-corrected chi connectivity index (χ3v) is 10.3. The molecule has 2 heterocycles. The second-order valence-electron chi connectivity index (χ2n) is 9.58. The Morgan fingerprint density at radius 2 is 1.87 bits per heavy atom. The lowest BCUT2D eigenvalue weighted by molar-refractivity contribution is 0.0987. The zero-order chi connectivity index (χ0) is 27.6. The molecular formula is C29H29BrN4O3S2. The van der Waals surface area contributed by atoms with E-state index in [4.69, 9.17) is 0 Å². The molecule has 10 heteroatoms. The van der Waals surface area contributed by atoms with Gasteiger partial charge in [0.25, 0.3) is 5.91 Å². The minimum absolute atomic E-state index is 0.00994. The molecule has 0 saturated carbocycles. The normalized spacial score (nSPS) is 16.6. The second kappa shape index (κ2) is 11.7. The Morgan fingerprint density at radius 3 is 2.59 bits per heavy atom. The van der Waals surface area contributed by atoms with Gasteiger partial charge in [0.1, 0.15) is 0 Å². The molecule has 0 spiro atoms. The highest BCUT2D eigenvalue weighted by Crippen LogP contribution is 2.32. The molecule has 1 aromatic heterocycles. The lowest BCUT2D eigenvalue weighted by Crippen LogP contribution is -2.43. The second-order valence-corrected chi connectivity index (χ2v) is 13.4. The number of hydrogen-bond acceptors (Lipinski definition) is 6. The van der Waals surface area contributed by atoms with Crippen LogP contribution in [0.4, 0.5) is 5.13 Å². The highest BCUT2D eigenvalue weighted by Gasteiger charge is 2.32. The number of hydrogen-bond donors (Lipinski definition) is 0. The number of nitrogens with zero attached hydrogens (tertiary/aromatic N) is 4. The summed E-state index contributed by atoms with van der Waals surface area (Å²) in [6.07, 6.45) is 5.18. The van der Waals surface area contributed by atoms with Crippen LogP contribution in [0.5, 0.6) is 0 Å². The number of carbonyl (C=O) groups is 1. The molecular weight excluding hydrogens is 596 g/mol. The summed E-state index contributed by atoms with van der Waals surface area (Å²) >= 11 is 4.84. The van der Waals surface area contributed by atoms with Crippen LogP contribution in [0, 0.1) is 6.92 Å². The van der Waals surface area contributed by atoms with Crippen LogP contribution < -0.4 is 5.01 Å². The number of halogens is 1. The van der Waals surface area contributed by atoms with E-state index >= 15 is 0 Å². The molecule has 3 aromatic carbocycles. The van der Waals surface area contributed by atoms with E-state index in [-0.39, 0.29) is 10.9 Å². The molecule has 202 valence electrons. The number of amides is 1. The minimum atomic E-state index is -3.65. The molecule has 1 aliphatic heterocycles. The highest BCUT2D eigenvalue weighted by atomic mass is 79.9. The van der Waals surface area contributed by atoms with Gasteiger partial charge in [0.05, 0.1) is 21.3 Å². The summed E-state index contributed by atoms with van der Waals surface area (Å²) in [5.74, 6) is -0.398. The lowest BCUT2D eigenvalue weighted by atomic mass is 10.0. The number of carbonyl (C=O) groups excluding carboxylic acids is 1. The number of fused-ring (bicyclic) bond motifs is 1. The maximum absolute atomic E-state index is 13.7. The maximum atomic E-state index is 13.7. The van der Waals surface area contributed by atoms with Gasteiger partial charge < -0.3 is 0 Å². The van der Waals surface area contributed by atoms with Crippen LogP contribution in [0.2, 0.25) is 0 Å². The van der Waals surface area contributed by atoms with E-state index < -0.39 is 15.9 Å². The molecule has 1 amide bonds. The number of piperidine rings is 1. The maximum Gasteiger partial charge on any atom is 0.280 e. The number of benzene rings is 3. The van der Waals surface area contributed by atoms with Gasteiger partial charge in [-0.3, -0.25) is 4.79 Å². The first-order valence-electron chi connectivity index (χ1n) is 12.9. The number of sulfonamides is 1. The fraction of sp³-hybridized carbons (Fsp3) is 0.276. The predicted octanol–water partition coefficient (Wildman–Crippen LogP) is 7.00. The fourth-order valence-corrected chi connectivity index (χ4v) is 7.91. The lowest BCUT2D eigenvalue weighted by Gasteiger charge is -2.34. The smallest absolute Gasteiger partial charge is 0.267 e. The Balaban J connectivity index is 1.47. The van der Waals surface area contributed by atoms with Crippen molar-refractivity contribution in [2.24, 2.45) is 5.10 Å². The SMILES string of the molecule is CCC1CCCCN1S(=O)(=O)c1ccc(C(=O)N(/N=C/c2ccc(C)cc2)c2nc3ccc(Br)cc3s2)cc1. The zero-order valence-corrected chi connectivity index (χ0v) is 25.0. The van der Waals surface area contributed by atoms with Crippen molar-refractivity contribution in [2.75, 3.05) is 11.6 Å². The summed E-state index contributed by atoms with van der Waals surface area (Å²) in [6.45, 7) is 4.55. The number of rotatable bonds is 7. The molecule has 1 atom stereocenters. The van der Waals surface area contributed by atoms with Crippen molar-refractivity contribution in [3.8, 4) is 0 Å². The van der Waals surface area contributed by atoms with E-state index in [0.717, 1.165) is 51.5 Å². The van der Waals surface area contributed by atoms with Crippen molar-refractivity contribution < 1.29 is 13.2 Å². The monoisotopic (exact) mass is 624 g/mol. The first kappa shape index (κ1) is 27.6. The molecule has 1 fully saturated rings. The standard InChI is InChI=1S/C29H29BrN4O3S2/c1-3-24-6-4-5-17-33(24)39(36,37)25-14-11-22(12-15-25)28(35)34(31-19-21-9-7-20(2)8-10-21)29-32-26-16-13-23(30)18-27(26)38-29/h7-16,18-19,24H,3-6,17H2,1-2H3/b31-19+. The van der Waals surface area contributed by atoms with Gasteiger partial charge in [0.2, 0.25) is 15.2 Å². The molecule has 5 rings (SSSR count). The molecule has 0 radical (unpaired) electrons. The van der Waals surface area contributed by atoms with Crippen LogP contribution in [0.15, 0.2) is 81.2 Å². The van der Waals surface area contributed by atoms with E-state index in [2.05, 4.69) is 26.0 Å². The van der Waals surface area contributed by atoms with E-state index in [1.165, 1.54) is 28.5 Å². The first-order valence-corrected chi connectivity index (χ1v) is 15.9. The van der Waals surface area contributed by atoms with Crippen molar-refractivity contribution in [2.45, 2.75) is 50.5 Å². The van der Waals surface area contributed by atoms with E-state index in [0.29, 0.717) is 17.2 Å². The van der Waals surface area contributed by atoms with Gasteiger partial charge in [-0.25, -0.2) is 13.4 Å². The number of thiazole rings is 1. The average molecular weight is 626 g/mol. The van der Waals surface area contributed by atoms with E-state index in [9.17, 15) is 13.2 Å². The third kappa shape index (κ3) is 5.99. The number of aryl methyl sites for hydroxylation is 1. The Morgan fingerprint density at radius 1 is 1.13 bits per heavy atom. The van der Waals surface area contributed by atoms with Crippen LogP contribution in [0.3, 0.4) is 0 Å². The summed E-state index contributed by atoms with van der Waals surface area (Å²) in [4.78, 5) is 18.6. The topological polar surface area (TPSA) is 82.9 Å². The molecule has 0 bridgehead atoms.